The predicted molar refractivity (Wildman–Crippen MR) is 140 cm³/mol. The molecule has 0 amide bonds. The van der Waals surface area contributed by atoms with Gasteiger partial charge in [-0.3, -0.25) is 0 Å². The number of anilines is 1. The van der Waals surface area contributed by atoms with Crippen LogP contribution in [0.5, 0.6) is 0 Å². The zero-order valence-electron chi connectivity index (χ0n) is 21.9. The molecule has 0 fully saturated rings. The van der Waals surface area contributed by atoms with E-state index in [2.05, 4.69) is 97.3 Å². The van der Waals surface area contributed by atoms with Gasteiger partial charge in [-0.05, 0) is 33.2 Å². The van der Waals surface area contributed by atoms with Crippen LogP contribution in [0.25, 0.3) is 11.2 Å². The standard InChI is InChI=1S/C24H45N5Si2/c1-16(2)30(17(3)4,18(5)6)29(31(19(7)8,20(9)10)21(11)12)23-14-26-22-13-25-15-27-24(22)28-23/h13-21H,1-12H3. The Bertz CT molecular complexity index is 788. The third-order valence-corrected chi connectivity index (χ3v) is 23.2. The molecule has 0 bridgehead atoms. The maximum atomic E-state index is 5.18. The molecule has 0 unspecified atom stereocenters. The second-order valence-corrected chi connectivity index (χ2v) is 22.8. The molecule has 0 saturated heterocycles. The summed E-state index contributed by atoms with van der Waals surface area (Å²) in [5, 5.41) is 0. The third-order valence-electron chi connectivity index (χ3n) is 7.77. The summed E-state index contributed by atoms with van der Waals surface area (Å²) in [6.07, 6.45) is 5.37. The molecule has 0 aromatic carbocycles. The lowest BCUT2D eigenvalue weighted by molar-refractivity contribution is 0.757. The predicted octanol–water partition coefficient (Wildman–Crippen LogP) is 7.58. The molecule has 5 nitrogen and oxygen atoms in total. The summed E-state index contributed by atoms with van der Waals surface area (Å²) in [6, 6.07) is 0. The Morgan fingerprint density at radius 2 is 1.03 bits per heavy atom. The summed E-state index contributed by atoms with van der Waals surface area (Å²) in [4.78, 5) is 18.6. The van der Waals surface area contributed by atoms with Crippen molar-refractivity contribution in [1.29, 1.82) is 0 Å². The van der Waals surface area contributed by atoms with Gasteiger partial charge in [0, 0.05) is 0 Å². The molecule has 0 saturated carbocycles. The van der Waals surface area contributed by atoms with Gasteiger partial charge in [-0.1, -0.05) is 83.1 Å². The van der Waals surface area contributed by atoms with E-state index in [9.17, 15) is 0 Å². The summed E-state index contributed by atoms with van der Waals surface area (Å²) in [6.45, 7) is 29.5. The Balaban J connectivity index is 3.05. The van der Waals surface area contributed by atoms with Crippen molar-refractivity contribution in [3.8, 4) is 0 Å². The number of rotatable bonds is 9. The van der Waals surface area contributed by atoms with Crippen molar-refractivity contribution in [2.24, 2.45) is 0 Å². The molecule has 0 radical (unpaired) electrons. The van der Waals surface area contributed by atoms with E-state index in [1.165, 1.54) is 0 Å². The highest BCUT2D eigenvalue weighted by Crippen LogP contribution is 2.54. The quantitative estimate of drug-likeness (QED) is 0.362. The molecule has 2 rings (SSSR count). The average molecular weight is 460 g/mol. The summed E-state index contributed by atoms with van der Waals surface area (Å²) >= 11 is 0. The van der Waals surface area contributed by atoms with E-state index in [4.69, 9.17) is 9.97 Å². The first kappa shape index (κ1) is 25.9. The average Bonchev–Trinajstić information content (AvgIpc) is 2.65. The van der Waals surface area contributed by atoms with Gasteiger partial charge in [0.25, 0.3) is 0 Å². The lowest BCUT2D eigenvalue weighted by Gasteiger charge is -2.63. The smallest absolute Gasteiger partial charge is 0.183 e. The van der Waals surface area contributed by atoms with E-state index in [1.54, 1.807) is 12.5 Å². The first-order valence-corrected chi connectivity index (χ1v) is 16.4. The van der Waals surface area contributed by atoms with Gasteiger partial charge in [-0.25, -0.2) is 19.9 Å². The SMILES string of the molecule is CC(C)[Si](C(C)C)(C(C)C)N(c1cnc2cncnc2n1)[Si](C(C)C)(C(C)C)C(C)C. The van der Waals surface area contributed by atoms with Crippen LogP contribution in [0.1, 0.15) is 83.1 Å². The van der Waals surface area contributed by atoms with E-state index < -0.39 is 16.5 Å². The van der Waals surface area contributed by atoms with Crippen LogP contribution in [-0.2, 0) is 0 Å². The number of aromatic nitrogens is 4. The van der Waals surface area contributed by atoms with Crippen LogP contribution in [0.4, 0.5) is 5.82 Å². The van der Waals surface area contributed by atoms with Crippen molar-refractivity contribution in [2.45, 2.75) is 116 Å². The fraction of sp³-hybridized carbons (Fsp3) is 0.750. The van der Waals surface area contributed by atoms with E-state index in [0.717, 1.165) is 11.3 Å². The van der Waals surface area contributed by atoms with Gasteiger partial charge < -0.3 is 4.23 Å². The zero-order chi connectivity index (χ0) is 23.7. The Hall–Kier alpha value is -1.35. The molecule has 0 N–H and O–H groups in total. The lowest BCUT2D eigenvalue weighted by Crippen LogP contribution is -2.74. The van der Waals surface area contributed by atoms with Crippen molar-refractivity contribution in [3.05, 3.63) is 18.7 Å². The van der Waals surface area contributed by atoms with Crippen LogP contribution in [-0.4, -0.2) is 36.4 Å². The van der Waals surface area contributed by atoms with Crippen molar-refractivity contribution in [1.82, 2.24) is 19.9 Å². The maximum absolute atomic E-state index is 5.18. The summed E-state index contributed by atoms with van der Waals surface area (Å²) in [5.74, 6) is 1.05. The second kappa shape index (κ2) is 9.65. The molecule has 2 heterocycles. The summed E-state index contributed by atoms with van der Waals surface area (Å²) in [7, 11) is -4.12. The number of hydrogen-bond acceptors (Lipinski definition) is 5. The molecule has 7 heteroatoms. The molecule has 0 atom stereocenters. The molecule has 2 aromatic heterocycles. The molecule has 174 valence electrons. The number of hydrogen-bond donors (Lipinski definition) is 0. The van der Waals surface area contributed by atoms with Gasteiger partial charge in [-0.2, -0.15) is 0 Å². The number of fused-ring (bicyclic) bond motifs is 1. The van der Waals surface area contributed by atoms with Crippen LogP contribution in [0.2, 0.25) is 33.2 Å². The van der Waals surface area contributed by atoms with Gasteiger partial charge in [0.1, 0.15) is 17.7 Å². The second-order valence-electron chi connectivity index (χ2n) is 11.0. The zero-order valence-corrected chi connectivity index (χ0v) is 23.9. The molecule has 0 aliphatic heterocycles. The van der Waals surface area contributed by atoms with E-state index in [0.29, 0.717) is 38.9 Å². The Kier molecular flexibility index (Phi) is 8.07. The van der Waals surface area contributed by atoms with Crippen LogP contribution in [0.15, 0.2) is 18.7 Å². The first-order chi connectivity index (χ1) is 14.4. The van der Waals surface area contributed by atoms with Crippen molar-refractivity contribution >= 4 is 33.5 Å². The van der Waals surface area contributed by atoms with Crippen molar-refractivity contribution in [2.75, 3.05) is 4.23 Å². The molecule has 2 aromatic rings. The third kappa shape index (κ3) is 4.08. The van der Waals surface area contributed by atoms with E-state index in [1.807, 2.05) is 6.20 Å². The van der Waals surface area contributed by atoms with Crippen LogP contribution >= 0.6 is 0 Å². The van der Waals surface area contributed by atoms with Gasteiger partial charge in [0.05, 0.1) is 12.4 Å². The topological polar surface area (TPSA) is 54.8 Å². The van der Waals surface area contributed by atoms with E-state index in [-0.39, 0.29) is 0 Å². The Morgan fingerprint density at radius 1 is 0.613 bits per heavy atom. The van der Waals surface area contributed by atoms with Gasteiger partial charge in [-0.15, -0.1) is 0 Å². The number of nitrogens with zero attached hydrogens (tertiary/aromatic N) is 5. The summed E-state index contributed by atoms with van der Waals surface area (Å²) < 4.78 is 2.98. The van der Waals surface area contributed by atoms with E-state index >= 15 is 0 Å². The molecule has 31 heavy (non-hydrogen) atoms. The normalized spacial score (nSPS) is 13.6. The minimum Gasteiger partial charge on any atom is -0.406 e. The van der Waals surface area contributed by atoms with Crippen molar-refractivity contribution < 1.29 is 0 Å². The first-order valence-electron chi connectivity index (χ1n) is 12.1. The monoisotopic (exact) mass is 459 g/mol. The maximum Gasteiger partial charge on any atom is 0.183 e. The fourth-order valence-electron chi connectivity index (χ4n) is 7.15. The van der Waals surface area contributed by atoms with Crippen LogP contribution in [0, 0.1) is 0 Å². The molecule has 0 aliphatic rings. The highest BCUT2D eigenvalue weighted by molar-refractivity contribution is 7.05. The van der Waals surface area contributed by atoms with Crippen LogP contribution < -0.4 is 4.23 Å². The minimum atomic E-state index is -2.06. The molecule has 0 spiro atoms. The van der Waals surface area contributed by atoms with Gasteiger partial charge in [0.15, 0.2) is 22.1 Å². The Morgan fingerprint density at radius 3 is 1.42 bits per heavy atom. The molecule has 0 aliphatic carbocycles. The highest BCUT2D eigenvalue weighted by atomic mass is 28.4. The van der Waals surface area contributed by atoms with Gasteiger partial charge in [0.2, 0.25) is 0 Å². The summed E-state index contributed by atoms with van der Waals surface area (Å²) in [5.41, 5.74) is 5.05. The molecular formula is C24H45N5Si2. The lowest BCUT2D eigenvalue weighted by atomic mass is 10.5. The van der Waals surface area contributed by atoms with Gasteiger partial charge >= 0.3 is 0 Å². The minimum absolute atomic E-state index is 0.596. The highest BCUT2D eigenvalue weighted by Gasteiger charge is 2.60. The molecular weight excluding hydrogens is 414 g/mol. The largest absolute Gasteiger partial charge is 0.406 e. The Labute approximate surface area is 192 Å². The van der Waals surface area contributed by atoms with Crippen molar-refractivity contribution in [3.63, 3.8) is 0 Å². The fourth-order valence-corrected chi connectivity index (χ4v) is 26.6. The van der Waals surface area contributed by atoms with Crippen LogP contribution in [0.3, 0.4) is 0 Å².